The van der Waals surface area contributed by atoms with Gasteiger partial charge in [-0.25, -0.2) is 0 Å². The fourth-order valence-electron chi connectivity index (χ4n) is 4.70. The van der Waals surface area contributed by atoms with E-state index < -0.39 is 187 Å². The molecular weight excluding hydrogens is 1410 g/mol. The van der Waals surface area contributed by atoms with Crippen molar-refractivity contribution in [2.75, 3.05) is 149 Å². The summed E-state index contributed by atoms with van der Waals surface area (Å²) in [6.07, 6.45) is -4.45. The van der Waals surface area contributed by atoms with Crippen LogP contribution in [0.4, 0.5) is 0 Å². The van der Waals surface area contributed by atoms with Crippen molar-refractivity contribution in [3.8, 4) is 0 Å². The Morgan fingerprint density at radius 2 is 0.494 bits per heavy atom. The van der Waals surface area contributed by atoms with E-state index in [2.05, 4.69) is 0 Å². The molecule has 0 radical (unpaired) electrons. The summed E-state index contributed by atoms with van der Waals surface area (Å²) in [6.45, 7) is -3.72. The number of aliphatic hydroxyl groups is 5. The lowest BCUT2D eigenvalue weighted by atomic mass is 10.2. The molecule has 0 aromatic carbocycles. The van der Waals surface area contributed by atoms with Gasteiger partial charge >= 0.3 is 0 Å². The van der Waals surface area contributed by atoms with E-state index in [1.54, 1.807) is 0 Å². The maximum Gasteiger partial charge on any atom is 0.275 e. The minimum atomic E-state index is -2.14. The van der Waals surface area contributed by atoms with E-state index in [-0.39, 0.29) is 98.5 Å². The molecule has 0 bridgehead atoms. The van der Waals surface area contributed by atoms with E-state index in [0.717, 1.165) is 14.2 Å². The largest absolute Gasteiger partial charge is 0.400 e. The van der Waals surface area contributed by atoms with E-state index in [9.17, 15) is 36.5 Å². The van der Waals surface area contributed by atoms with Crippen LogP contribution in [0.15, 0.2) is 0 Å². The second-order valence-corrected chi connectivity index (χ2v) is 34.1. The van der Waals surface area contributed by atoms with Crippen molar-refractivity contribution in [3.63, 3.8) is 0 Å². The summed E-state index contributed by atoms with van der Waals surface area (Å²) in [5.74, 6) is 0. The summed E-state index contributed by atoms with van der Waals surface area (Å²) in [5.41, 5.74) is 0. The van der Waals surface area contributed by atoms with E-state index in [0.29, 0.717) is 0 Å². The Morgan fingerprint density at radius 3 is 0.753 bits per heavy atom. The van der Waals surface area contributed by atoms with Gasteiger partial charge in [0.05, 0.1) is 77.8 Å². The molecular formula is C31H68O34P16. The van der Waals surface area contributed by atoms with Gasteiger partial charge in [0.15, 0.2) is 20.4 Å². The summed E-state index contributed by atoms with van der Waals surface area (Å²) >= 11 is 0. The molecule has 14 atom stereocenters. The van der Waals surface area contributed by atoms with Crippen LogP contribution in [0.3, 0.4) is 0 Å². The number of rotatable bonds is 60. The van der Waals surface area contributed by atoms with Gasteiger partial charge in [-0.1, -0.05) is 0 Å². The van der Waals surface area contributed by atoms with Crippen LogP contribution < -0.4 is 0 Å². The summed E-state index contributed by atoms with van der Waals surface area (Å²) in [4.78, 5) is 0. The zero-order valence-corrected chi connectivity index (χ0v) is 58.7. The topological polar surface area (TPSA) is 432 Å². The van der Waals surface area contributed by atoms with E-state index in [4.69, 9.17) is 122 Å². The molecule has 5 N–H and O–H groups in total. The van der Waals surface area contributed by atoms with E-state index >= 15 is 0 Å². The molecule has 0 saturated heterocycles. The normalized spacial score (nSPS) is 17.3. The lowest BCUT2D eigenvalue weighted by Crippen LogP contribution is -2.29. The van der Waals surface area contributed by atoms with Crippen LogP contribution in [0.2, 0.25) is 0 Å². The maximum absolute atomic E-state index is 11.8. The third-order valence-corrected chi connectivity index (χ3v) is 24.2. The monoisotopic (exact) mass is 1480 g/mol. The van der Waals surface area contributed by atoms with Gasteiger partial charge in [-0.2, -0.15) is 0 Å². The van der Waals surface area contributed by atoms with Crippen LogP contribution in [0.1, 0.15) is 19.3 Å². The Kier molecular flexibility index (Phi) is 72.2. The zero-order chi connectivity index (χ0) is 61.3. The van der Waals surface area contributed by atoms with Crippen LogP contribution >= 0.6 is 130 Å². The Morgan fingerprint density at radius 1 is 0.284 bits per heavy atom. The van der Waals surface area contributed by atoms with E-state index in [1.165, 1.54) is 35.5 Å². The van der Waals surface area contributed by atoms with Crippen LogP contribution in [0.5, 0.6) is 0 Å². The van der Waals surface area contributed by atoms with Crippen molar-refractivity contribution < 1.29 is 158 Å². The summed E-state index contributed by atoms with van der Waals surface area (Å²) in [5, 5.41) is 41.2. The van der Waals surface area contributed by atoms with Crippen molar-refractivity contribution in [3.05, 3.63) is 0 Å². The van der Waals surface area contributed by atoms with Gasteiger partial charge in [0, 0.05) is 69.6 Å². The first-order valence-electron chi connectivity index (χ1n) is 22.0. The van der Waals surface area contributed by atoms with Gasteiger partial charge < -0.3 is 108 Å². The number of hydrogen-bond acceptors (Lipinski definition) is 34. The number of ether oxygens (including phenoxy) is 5. The molecule has 50 heteroatoms. The number of aliphatic hydroxyl groups excluding tert-OH is 5. The molecule has 0 aromatic rings. The average molecular weight is 1480 g/mol. The minimum Gasteiger partial charge on any atom is -0.400 e. The molecule has 0 heterocycles. The highest BCUT2D eigenvalue weighted by atomic mass is 32.1. The smallest absolute Gasteiger partial charge is 0.275 e. The molecule has 81 heavy (non-hydrogen) atoms. The molecule has 0 amide bonds. The Balaban J connectivity index is -0.0000148. The highest BCUT2D eigenvalue weighted by molar-refractivity contribution is 8.13. The van der Waals surface area contributed by atoms with Crippen LogP contribution in [-0.4, -0.2) is 212 Å². The highest BCUT2D eigenvalue weighted by Gasteiger charge is 2.28. The maximum atomic E-state index is 11.8. The average Bonchev–Trinajstić information content (AvgIpc) is 3.50. The first kappa shape index (κ1) is 88.4. The Bertz CT molecular complexity index is 1520. The predicted molar refractivity (Wildman–Crippen MR) is 301 cm³/mol. The highest BCUT2D eigenvalue weighted by Crippen LogP contribution is 2.56. The van der Waals surface area contributed by atoms with Crippen molar-refractivity contribution in [2.24, 2.45) is 0 Å². The predicted octanol–water partition coefficient (Wildman–Crippen LogP) is 11.1. The van der Waals surface area contributed by atoms with Crippen molar-refractivity contribution in [1.82, 2.24) is 0 Å². The molecule has 0 aromatic heterocycles. The Labute approximate surface area is 491 Å². The zero-order valence-electron chi connectivity index (χ0n) is 44.4. The molecule has 0 spiro atoms. The molecule has 476 valence electrons. The van der Waals surface area contributed by atoms with Gasteiger partial charge in [0.25, 0.3) is 64.5 Å². The minimum absolute atomic E-state index is 0.0180. The SMILES string of the molecule is CO.CO.COP(OC(CCOCC(COCC(COP(OCO)P=O)OP(OCO)P=O)OP(OC)P=O)COCCC(COCCC(COCC(COP(OCO)P=O)OP(OC)P=O)OP(OC)P=O)OP(OC)P=O)P=O. The summed E-state index contributed by atoms with van der Waals surface area (Å²) in [7, 11) is -10.8. The van der Waals surface area contributed by atoms with Gasteiger partial charge in [-0.15, -0.1) is 0 Å². The van der Waals surface area contributed by atoms with Crippen LogP contribution in [0.25, 0.3) is 0 Å². The molecule has 0 aliphatic carbocycles. The van der Waals surface area contributed by atoms with Crippen LogP contribution in [0, 0.1) is 0 Å². The second kappa shape index (κ2) is 66.1. The summed E-state index contributed by atoms with van der Waals surface area (Å²) in [6, 6.07) is 0. The molecule has 0 aliphatic heterocycles. The van der Waals surface area contributed by atoms with Gasteiger partial charge in [0.2, 0.25) is 65.2 Å². The Hall–Kier alpha value is 3.20. The third-order valence-electron chi connectivity index (χ3n) is 7.87. The molecule has 0 fully saturated rings. The quantitative estimate of drug-likeness (QED) is 0.0214. The van der Waals surface area contributed by atoms with Crippen molar-refractivity contribution >= 4 is 130 Å². The lowest BCUT2D eigenvalue weighted by Gasteiger charge is -2.24. The molecule has 0 aliphatic rings. The van der Waals surface area contributed by atoms with Crippen molar-refractivity contribution in [1.29, 1.82) is 0 Å². The standard InChI is InChI=1S/C29H60O32P16.2CH4O/c1-41-70(62-33)56-24(12-47-10-8-26(58-72(43-3)64-35)14-49-17-28(60-74(45-5)66-37)19-51-75(67-38)53-21-30)6-9-46-13-25(57-71(42-2)63-34)7-11-48-15-27(59-73(44-4)65-36)16-50-18-29(61-77(69-40)55-23-32)20-52-76(68-39)54-22-31;2*1-2/h24-32H,6-23H2,1-5H3;2*2H,1H3. The van der Waals surface area contributed by atoms with Crippen molar-refractivity contribution in [2.45, 2.75) is 55.9 Å². The fourth-order valence-corrected chi connectivity index (χ4v) is 15.1. The van der Waals surface area contributed by atoms with Gasteiger partial charge in [-0.3, -0.25) is 50.1 Å². The third kappa shape index (κ3) is 49.6. The number of hydrogen-bond donors (Lipinski definition) is 5. The van der Waals surface area contributed by atoms with Gasteiger partial charge in [-0.05, 0) is 19.3 Å². The molecule has 0 rings (SSSR count). The first-order chi connectivity index (χ1) is 39.5. The summed E-state index contributed by atoms with van der Waals surface area (Å²) < 4.78 is 208. The van der Waals surface area contributed by atoms with Crippen LogP contribution in [-0.2, 0) is 133 Å². The fraction of sp³-hybridized carbons (Fsp3) is 1.00. The molecule has 14 unspecified atom stereocenters. The molecule has 0 saturated carbocycles. The molecule has 34 nitrogen and oxygen atoms in total. The first-order valence-corrected chi connectivity index (χ1v) is 43.6. The lowest BCUT2D eigenvalue weighted by molar-refractivity contribution is -0.0384. The second-order valence-electron chi connectivity index (χ2n) is 12.9. The van der Waals surface area contributed by atoms with E-state index in [1.807, 2.05) is 0 Å². The van der Waals surface area contributed by atoms with Gasteiger partial charge in [0.1, 0.15) is 18.3 Å².